The van der Waals surface area contributed by atoms with Crippen LogP contribution in [0.3, 0.4) is 0 Å². The third-order valence-electron chi connectivity index (χ3n) is 3.47. The summed E-state index contributed by atoms with van der Waals surface area (Å²) in [5, 5.41) is 11.9. The average Bonchev–Trinajstić information content (AvgIpc) is 2.71. The topological polar surface area (TPSA) is 49.8 Å². The maximum Gasteiger partial charge on any atom is 0.263 e. The van der Waals surface area contributed by atoms with Crippen molar-refractivity contribution in [3.63, 3.8) is 0 Å². The van der Waals surface area contributed by atoms with Gasteiger partial charge < -0.3 is 14.7 Å². The molecule has 1 atom stereocenters. The molecule has 4 nitrogen and oxygen atoms in total. The highest BCUT2D eigenvalue weighted by molar-refractivity contribution is 5.87. The molecule has 1 aliphatic rings. The summed E-state index contributed by atoms with van der Waals surface area (Å²) >= 11 is 0. The minimum absolute atomic E-state index is 0.0347. The summed E-state index contributed by atoms with van der Waals surface area (Å²) in [6.07, 6.45) is 0.166. The summed E-state index contributed by atoms with van der Waals surface area (Å²) in [4.78, 5) is 13.4. The number of benzene rings is 2. The SMILES string of the molecule is CN1CCC(Oc2cc3ccccc3cc2O)C1=O. The molecule has 0 bridgehead atoms. The van der Waals surface area contributed by atoms with Gasteiger partial charge in [0.2, 0.25) is 0 Å². The van der Waals surface area contributed by atoms with E-state index in [0.717, 1.165) is 10.8 Å². The molecule has 0 aromatic heterocycles. The van der Waals surface area contributed by atoms with Crippen LogP contribution in [0.15, 0.2) is 36.4 Å². The van der Waals surface area contributed by atoms with E-state index in [9.17, 15) is 9.90 Å². The molecule has 4 heteroatoms. The molecule has 1 amide bonds. The lowest BCUT2D eigenvalue weighted by Gasteiger charge is -2.14. The van der Waals surface area contributed by atoms with Crippen LogP contribution in [0.5, 0.6) is 11.5 Å². The van der Waals surface area contributed by atoms with E-state index in [1.807, 2.05) is 24.3 Å². The highest BCUT2D eigenvalue weighted by Gasteiger charge is 2.31. The van der Waals surface area contributed by atoms with E-state index in [2.05, 4.69) is 0 Å². The zero-order valence-corrected chi connectivity index (χ0v) is 10.7. The van der Waals surface area contributed by atoms with Crippen molar-refractivity contribution in [2.45, 2.75) is 12.5 Å². The minimum Gasteiger partial charge on any atom is -0.504 e. The number of rotatable bonds is 2. The van der Waals surface area contributed by atoms with Gasteiger partial charge in [-0.15, -0.1) is 0 Å². The number of likely N-dealkylation sites (N-methyl/N-ethyl adjacent to an activating group) is 1. The van der Waals surface area contributed by atoms with E-state index in [1.54, 1.807) is 24.1 Å². The van der Waals surface area contributed by atoms with Gasteiger partial charge in [-0.2, -0.15) is 0 Å². The third kappa shape index (κ3) is 2.10. The van der Waals surface area contributed by atoms with E-state index in [0.29, 0.717) is 18.7 Å². The number of hydrogen-bond acceptors (Lipinski definition) is 3. The number of phenolic OH excluding ortho intramolecular Hbond substituents is 1. The van der Waals surface area contributed by atoms with Crippen LogP contribution in [-0.4, -0.2) is 35.6 Å². The lowest BCUT2D eigenvalue weighted by molar-refractivity contribution is -0.132. The largest absolute Gasteiger partial charge is 0.504 e. The number of hydrogen-bond donors (Lipinski definition) is 1. The van der Waals surface area contributed by atoms with Gasteiger partial charge in [0.1, 0.15) is 0 Å². The van der Waals surface area contributed by atoms with Crippen molar-refractivity contribution in [1.82, 2.24) is 4.90 Å². The first-order chi connectivity index (χ1) is 9.15. The Kier molecular flexibility index (Phi) is 2.78. The molecule has 1 aliphatic heterocycles. The molecule has 0 spiro atoms. The maximum absolute atomic E-state index is 11.8. The zero-order chi connectivity index (χ0) is 13.4. The van der Waals surface area contributed by atoms with Crippen LogP contribution in [0.2, 0.25) is 0 Å². The summed E-state index contributed by atoms with van der Waals surface area (Å²) < 4.78 is 5.66. The fourth-order valence-electron chi connectivity index (χ4n) is 2.35. The molecule has 1 heterocycles. The number of fused-ring (bicyclic) bond motifs is 1. The minimum atomic E-state index is -0.489. The molecule has 2 aromatic rings. The molecule has 1 saturated heterocycles. The zero-order valence-electron chi connectivity index (χ0n) is 10.7. The number of phenols is 1. The second-order valence-electron chi connectivity index (χ2n) is 4.82. The number of aromatic hydroxyl groups is 1. The van der Waals surface area contributed by atoms with Gasteiger partial charge in [0, 0.05) is 20.0 Å². The van der Waals surface area contributed by atoms with E-state index in [1.165, 1.54) is 0 Å². The summed E-state index contributed by atoms with van der Waals surface area (Å²) in [5.41, 5.74) is 0. The number of amides is 1. The fraction of sp³-hybridized carbons (Fsp3) is 0.267. The predicted octanol–water partition coefficient (Wildman–Crippen LogP) is 2.15. The fourth-order valence-corrected chi connectivity index (χ4v) is 2.35. The van der Waals surface area contributed by atoms with E-state index < -0.39 is 6.10 Å². The van der Waals surface area contributed by atoms with Crippen LogP contribution >= 0.6 is 0 Å². The van der Waals surface area contributed by atoms with E-state index in [-0.39, 0.29) is 11.7 Å². The Morgan fingerprint density at radius 3 is 2.58 bits per heavy atom. The van der Waals surface area contributed by atoms with Crippen LogP contribution < -0.4 is 4.74 Å². The number of likely N-dealkylation sites (tertiary alicyclic amines) is 1. The van der Waals surface area contributed by atoms with Gasteiger partial charge in [0.15, 0.2) is 17.6 Å². The predicted molar refractivity (Wildman–Crippen MR) is 72.3 cm³/mol. The van der Waals surface area contributed by atoms with E-state index >= 15 is 0 Å². The summed E-state index contributed by atoms with van der Waals surface area (Å²) in [5.74, 6) is 0.404. The van der Waals surface area contributed by atoms with Crippen molar-refractivity contribution in [1.29, 1.82) is 0 Å². The van der Waals surface area contributed by atoms with Crippen molar-refractivity contribution in [2.24, 2.45) is 0 Å². The Morgan fingerprint density at radius 2 is 1.95 bits per heavy atom. The third-order valence-corrected chi connectivity index (χ3v) is 3.47. The molecular weight excluding hydrogens is 242 g/mol. The first kappa shape index (κ1) is 11.8. The van der Waals surface area contributed by atoms with Gasteiger partial charge >= 0.3 is 0 Å². The Hall–Kier alpha value is -2.23. The van der Waals surface area contributed by atoms with Crippen molar-refractivity contribution in [2.75, 3.05) is 13.6 Å². The molecule has 0 radical (unpaired) electrons. The summed E-state index contributed by atoms with van der Waals surface area (Å²) in [6.45, 7) is 0.692. The summed E-state index contributed by atoms with van der Waals surface area (Å²) in [6, 6.07) is 11.1. The van der Waals surface area contributed by atoms with Crippen molar-refractivity contribution in [3.8, 4) is 11.5 Å². The number of carbonyl (C=O) groups excluding carboxylic acids is 1. The van der Waals surface area contributed by atoms with Crippen molar-refractivity contribution >= 4 is 16.7 Å². The van der Waals surface area contributed by atoms with Crippen LogP contribution in [0.1, 0.15) is 6.42 Å². The van der Waals surface area contributed by atoms with Gasteiger partial charge in [-0.25, -0.2) is 0 Å². The number of ether oxygens (including phenoxy) is 1. The molecule has 1 fully saturated rings. The lowest BCUT2D eigenvalue weighted by Crippen LogP contribution is -2.29. The Bertz CT molecular complexity index is 638. The van der Waals surface area contributed by atoms with Gasteiger partial charge in [0.05, 0.1) is 0 Å². The molecule has 0 saturated carbocycles. The average molecular weight is 257 g/mol. The molecule has 3 rings (SSSR count). The Balaban J connectivity index is 1.92. The highest BCUT2D eigenvalue weighted by atomic mass is 16.5. The van der Waals surface area contributed by atoms with Crippen LogP contribution in [-0.2, 0) is 4.79 Å². The van der Waals surface area contributed by atoms with E-state index in [4.69, 9.17) is 4.74 Å². The molecule has 1 N–H and O–H groups in total. The Morgan fingerprint density at radius 1 is 1.26 bits per heavy atom. The molecule has 0 aliphatic carbocycles. The molecule has 98 valence electrons. The quantitative estimate of drug-likeness (QED) is 0.896. The smallest absolute Gasteiger partial charge is 0.263 e. The second kappa shape index (κ2) is 4.46. The molecule has 2 aromatic carbocycles. The highest BCUT2D eigenvalue weighted by Crippen LogP contribution is 2.33. The van der Waals surface area contributed by atoms with Gasteiger partial charge in [-0.1, -0.05) is 24.3 Å². The maximum atomic E-state index is 11.8. The van der Waals surface area contributed by atoms with Crippen molar-refractivity contribution in [3.05, 3.63) is 36.4 Å². The number of nitrogens with zero attached hydrogens (tertiary/aromatic N) is 1. The van der Waals surface area contributed by atoms with Gasteiger partial charge in [-0.3, -0.25) is 4.79 Å². The second-order valence-corrected chi connectivity index (χ2v) is 4.82. The standard InChI is InChI=1S/C15H15NO3/c1-16-7-6-13(15(16)18)19-14-9-11-5-3-2-4-10(11)8-12(14)17/h2-5,8-9,13,17H,6-7H2,1H3. The first-order valence-corrected chi connectivity index (χ1v) is 6.28. The van der Waals surface area contributed by atoms with Crippen LogP contribution in [0, 0.1) is 0 Å². The van der Waals surface area contributed by atoms with Gasteiger partial charge in [-0.05, 0) is 22.9 Å². The molecule has 1 unspecified atom stereocenters. The van der Waals surface area contributed by atoms with Gasteiger partial charge in [0.25, 0.3) is 5.91 Å². The Labute approximate surface area is 111 Å². The molecular formula is C15H15NO3. The molecule has 19 heavy (non-hydrogen) atoms. The number of carbonyl (C=O) groups is 1. The van der Waals surface area contributed by atoms with Crippen LogP contribution in [0.25, 0.3) is 10.8 Å². The first-order valence-electron chi connectivity index (χ1n) is 6.28. The monoisotopic (exact) mass is 257 g/mol. The van der Waals surface area contributed by atoms with Crippen LogP contribution in [0.4, 0.5) is 0 Å². The lowest BCUT2D eigenvalue weighted by atomic mass is 10.1. The normalized spacial score (nSPS) is 19.1. The van der Waals surface area contributed by atoms with Crippen molar-refractivity contribution < 1.29 is 14.6 Å². The summed E-state index contributed by atoms with van der Waals surface area (Å²) in [7, 11) is 1.76.